The van der Waals surface area contributed by atoms with Crippen molar-refractivity contribution in [2.45, 2.75) is 6.92 Å². The van der Waals surface area contributed by atoms with E-state index in [9.17, 15) is 9.59 Å². The van der Waals surface area contributed by atoms with Gasteiger partial charge in [0.15, 0.2) is 17.0 Å². The minimum atomic E-state index is -0.517. The zero-order valence-corrected chi connectivity index (χ0v) is 10.3. The molecule has 3 aromatic rings. The normalized spacial score (nSPS) is 11.1. The molecule has 6 nitrogen and oxygen atoms in total. The number of hydrogen-bond acceptors (Lipinski definition) is 5. The molecule has 2 aromatic heterocycles. The molecule has 19 heavy (non-hydrogen) atoms. The van der Waals surface area contributed by atoms with Crippen LogP contribution in [0.4, 0.5) is 0 Å². The van der Waals surface area contributed by atoms with E-state index in [1.807, 2.05) is 0 Å². The van der Waals surface area contributed by atoms with Crippen LogP contribution in [0, 0.1) is 6.92 Å². The van der Waals surface area contributed by atoms with Gasteiger partial charge in [-0.15, -0.1) is 0 Å². The Morgan fingerprint density at radius 2 is 2.21 bits per heavy atom. The number of nitrogens with zero attached hydrogens (tertiary/aromatic N) is 1. The Kier molecular flexibility index (Phi) is 2.38. The number of para-hydroxylation sites is 1. The van der Waals surface area contributed by atoms with Gasteiger partial charge in [0.1, 0.15) is 0 Å². The molecule has 0 unspecified atom stereocenters. The summed E-state index contributed by atoms with van der Waals surface area (Å²) in [5, 5.41) is 0.623. The van der Waals surface area contributed by atoms with Crippen LogP contribution in [0.25, 0.3) is 22.0 Å². The number of methoxy groups -OCH3 is 1. The van der Waals surface area contributed by atoms with E-state index < -0.39 is 11.5 Å². The highest BCUT2D eigenvalue weighted by Crippen LogP contribution is 2.24. The van der Waals surface area contributed by atoms with Gasteiger partial charge in [-0.2, -0.15) is 0 Å². The van der Waals surface area contributed by atoms with Crippen molar-refractivity contribution in [3.8, 4) is 0 Å². The van der Waals surface area contributed by atoms with Gasteiger partial charge in [-0.25, -0.2) is 9.78 Å². The van der Waals surface area contributed by atoms with Crippen LogP contribution < -0.4 is 5.56 Å². The lowest BCUT2D eigenvalue weighted by atomic mass is 10.1. The van der Waals surface area contributed by atoms with Crippen molar-refractivity contribution >= 4 is 28.0 Å². The molecule has 1 N–H and O–H groups in total. The third-order valence-electron chi connectivity index (χ3n) is 2.90. The first-order valence-corrected chi connectivity index (χ1v) is 5.62. The quantitative estimate of drug-likeness (QED) is 0.672. The molecule has 0 aliphatic rings. The van der Waals surface area contributed by atoms with Crippen molar-refractivity contribution in [3.05, 3.63) is 40.0 Å². The van der Waals surface area contributed by atoms with Gasteiger partial charge in [0.2, 0.25) is 0 Å². The average Bonchev–Trinajstić information content (AvgIpc) is 2.80. The summed E-state index contributed by atoms with van der Waals surface area (Å²) in [7, 11) is 1.29. The highest BCUT2D eigenvalue weighted by Gasteiger charge is 2.16. The van der Waals surface area contributed by atoms with Gasteiger partial charge in [-0.3, -0.25) is 4.79 Å². The van der Waals surface area contributed by atoms with E-state index in [-0.39, 0.29) is 11.1 Å². The molecule has 3 rings (SSSR count). The molecule has 0 saturated heterocycles. The number of H-pyrrole nitrogens is 1. The monoisotopic (exact) mass is 258 g/mol. The highest BCUT2D eigenvalue weighted by atomic mass is 16.5. The number of esters is 1. The van der Waals surface area contributed by atoms with Crippen LogP contribution in [0.2, 0.25) is 0 Å². The summed E-state index contributed by atoms with van der Waals surface area (Å²) in [5.41, 5.74) is 0.890. The predicted octanol–water partition coefficient (Wildman–Crippen LogP) is 1.76. The van der Waals surface area contributed by atoms with Gasteiger partial charge in [0.05, 0.1) is 18.2 Å². The molecule has 0 bridgehead atoms. The highest BCUT2D eigenvalue weighted by molar-refractivity contribution is 6.09. The van der Waals surface area contributed by atoms with E-state index in [4.69, 9.17) is 9.15 Å². The maximum absolute atomic E-state index is 11.9. The first-order valence-electron chi connectivity index (χ1n) is 5.62. The van der Waals surface area contributed by atoms with Gasteiger partial charge >= 0.3 is 5.97 Å². The van der Waals surface area contributed by atoms with Gasteiger partial charge in [0.25, 0.3) is 5.56 Å². The van der Waals surface area contributed by atoms with Gasteiger partial charge in [-0.05, 0) is 12.1 Å². The van der Waals surface area contributed by atoms with Crippen molar-refractivity contribution in [2.75, 3.05) is 7.11 Å². The predicted molar refractivity (Wildman–Crippen MR) is 68.2 cm³/mol. The molecule has 2 heterocycles. The zero-order chi connectivity index (χ0) is 13.6. The summed E-state index contributed by atoms with van der Waals surface area (Å²) < 4.78 is 10.1. The molecule has 0 radical (unpaired) electrons. The topological polar surface area (TPSA) is 85.2 Å². The molecular weight excluding hydrogens is 248 g/mol. The maximum atomic E-state index is 11.9. The number of hydrogen-bond donors (Lipinski definition) is 1. The number of carbonyl (C=O) groups is 1. The van der Waals surface area contributed by atoms with Crippen molar-refractivity contribution in [3.63, 3.8) is 0 Å². The van der Waals surface area contributed by atoms with Gasteiger partial charge in [0, 0.05) is 12.3 Å². The molecule has 0 spiro atoms. The van der Waals surface area contributed by atoms with E-state index in [2.05, 4.69) is 9.97 Å². The van der Waals surface area contributed by atoms with Crippen LogP contribution in [-0.2, 0) is 4.74 Å². The summed E-state index contributed by atoms with van der Waals surface area (Å²) >= 11 is 0. The minimum Gasteiger partial charge on any atom is -0.465 e. The number of ether oxygens (including phenoxy) is 1. The second-order valence-corrected chi connectivity index (χ2v) is 4.08. The first kappa shape index (κ1) is 11.5. The van der Waals surface area contributed by atoms with Crippen molar-refractivity contribution in [1.82, 2.24) is 9.97 Å². The van der Waals surface area contributed by atoms with E-state index in [1.165, 1.54) is 7.11 Å². The minimum absolute atomic E-state index is 0.229. The summed E-state index contributed by atoms with van der Waals surface area (Å²) in [6.07, 6.45) is 0. The summed E-state index contributed by atoms with van der Waals surface area (Å²) in [6.45, 7) is 1.66. The number of aromatic nitrogens is 2. The van der Waals surface area contributed by atoms with Crippen LogP contribution in [-0.4, -0.2) is 23.0 Å². The van der Waals surface area contributed by atoms with Crippen LogP contribution in [0.15, 0.2) is 27.4 Å². The zero-order valence-electron chi connectivity index (χ0n) is 10.3. The lowest BCUT2D eigenvalue weighted by Gasteiger charge is -2.04. The Morgan fingerprint density at radius 3 is 2.95 bits per heavy atom. The number of pyridine rings is 1. The van der Waals surface area contributed by atoms with E-state index in [1.54, 1.807) is 25.1 Å². The molecule has 0 aliphatic heterocycles. The van der Waals surface area contributed by atoms with Crippen LogP contribution in [0.1, 0.15) is 16.2 Å². The van der Waals surface area contributed by atoms with Gasteiger partial charge < -0.3 is 14.1 Å². The molecule has 0 atom stereocenters. The number of aryl methyl sites for hydroxylation is 1. The first-order chi connectivity index (χ1) is 9.11. The van der Waals surface area contributed by atoms with Crippen molar-refractivity contribution < 1.29 is 13.9 Å². The van der Waals surface area contributed by atoms with Crippen molar-refractivity contribution in [2.24, 2.45) is 0 Å². The SMILES string of the molecule is COC(=O)c1cccc2c1[nH]c(=O)c1nc(C)oc12. The van der Waals surface area contributed by atoms with E-state index in [0.29, 0.717) is 22.4 Å². The van der Waals surface area contributed by atoms with Crippen LogP contribution >= 0.6 is 0 Å². The fourth-order valence-corrected chi connectivity index (χ4v) is 2.09. The van der Waals surface area contributed by atoms with Crippen LogP contribution in [0.3, 0.4) is 0 Å². The Balaban J connectivity index is 2.52. The third-order valence-corrected chi connectivity index (χ3v) is 2.90. The second-order valence-electron chi connectivity index (χ2n) is 4.08. The average molecular weight is 258 g/mol. The molecular formula is C13H10N2O4. The van der Waals surface area contributed by atoms with Crippen LogP contribution in [0.5, 0.6) is 0 Å². The molecule has 6 heteroatoms. The number of fused-ring (bicyclic) bond motifs is 3. The lowest BCUT2D eigenvalue weighted by molar-refractivity contribution is 0.0603. The lowest BCUT2D eigenvalue weighted by Crippen LogP contribution is -2.10. The second kappa shape index (κ2) is 3.94. The molecule has 0 fully saturated rings. The molecule has 0 amide bonds. The Bertz CT molecular complexity index is 860. The third kappa shape index (κ3) is 1.61. The summed E-state index contributed by atoms with van der Waals surface area (Å²) in [5.74, 6) is -0.117. The molecule has 96 valence electrons. The standard InChI is InChI=1S/C13H10N2O4/c1-6-14-10-11(19-6)7-4-3-5-8(13(17)18-2)9(7)15-12(10)16/h3-5H,1-2H3,(H,15,16). The number of nitrogens with one attached hydrogen (secondary N) is 1. The molecule has 1 aromatic carbocycles. The van der Waals surface area contributed by atoms with Gasteiger partial charge in [-0.1, -0.05) is 6.07 Å². The Morgan fingerprint density at radius 1 is 1.42 bits per heavy atom. The van der Waals surface area contributed by atoms with Crippen molar-refractivity contribution in [1.29, 1.82) is 0 Å². The fraction of sp³-hybridized carbons (Fsp3) is 0.154. The summed E-state index contributed by atoms with van der Waals surface area (Å²) in [6, 6.07) is 5.04. The fourth-order valence-electron chi connectivity index (χ4n) is 2.09. The Labute approximate surface area is 107 Å². The van der Waals surface area contributed by atoms with E-state index >= 15 is 0 Å². The van der Waals surface area contributed by atoms with E-state index in [0.717, 1.165) is 0 Å². The number of oxazole rings is 1. The largest absolute Gasteiger partial charge is 0.465 e. The molecule has 0 aliphatic carbocycles. The smallest absolute Gasteiger partial charge is 0.339 e. The number of rotatable bonds is 1. The summed E-state index contributed by atoms with van der Waals surface area (Å²) in [4.78, 5) is 30.3. The Hall–Kier alpha value is -2.63. The number of aromatic amines is 1. The number of carbonyl (C=O) groups excluding carboxylic acids is 1. The maximum Gasteiger partial charge on any atom is 0.339 e. The molecule has 0 saturated carbocycles. The number of benzene rings is 1.